The van der Waals surface area contributed by atoms with E-state index in [1.165, 1.54) is 19.3 Å². The molecule has 0 N–H and O–H groups in total. The van der Waals surface area contributed by atoms with Crippen LogP contribution in [-0.2, 0) is 0 Å². The second-order valence-corrected chi connectivity index (χ2v) is 6.15. The summed E-state index contributed by atoms with van der Waals surface area (Å²) >= 11 is 0. The van der Waals surface area contributed by atoms with Crippen LogP contribution in [0, 0.1) is 22.7 Å². The molecule has 1 saturated carbocycles. The average Bonchev–Trinajstić information content (AvgIpc) is 2.52. The summed E-state index contributed by atoms with van der Waals surface area (Å²) in [5.74, 6) is 1.52. The molecular formula is C15H24. The molecule has 2 rings (SSSR count). The second-order valence-electron chi connectivity index (χ2n) is 6.15. The largest absolute Gasteiger partial charge is 0.103 e. The zero-order chi connectivity index (χ0) is 11.3. The van der Waals surface area contributed by atoms with Crippen molar-refractivity contribution in [2.45, 2.75) is 47.0 Å². The molecule has 4 atom stereocenters. The van der Waals surface area contributed by atoms with Crippen LogP contribution in [0.4, 0.5) is 0 Å². The first kappa shape index (κ1) is 11.0. The van der Waals surface area contributed by atoms with Crippen LogP contribution >= 0.6 is 0 Å². The summed E-state index contributed by atoms with van der Waals surface area (Å²) in [6, 6.07) is 0. The first-order chi connectivity index (χ1) is 6.94. The van der Waals surface area contributed by atoms with Crippen molar-refractivity contribution in [2.24, 2.45) is 22.7 Å². The van der Waals surface area contributed by atoms with E-state index in [1.54, 1.807) is 5.57 Å². The third kappa shape index (κ3) is 1.33. The molecule has 0 saturated heterocycles. The molecule has 2 aliphatic rings. The highest BCUT2D eigenvalue weighted by Crippen LogP contribution is 2.59. The van der Waals surface area contributed by atoms with E-state index in [0.717, 1.165) is 5.92 Å². The van der Waals surface area contributed by atoms with E-state index >= 15 is 0 Å². The van der Waals surface area contributed by atoms with Crippen molar-refractivity contribution in [3.05, 3.63) is 24.3 Å². The van der Waals surface area contributed by atoms with Crippen LogP contribution in [0.3, 0.4) is 0 Å². The van der Waals surface area contributed by atoms with Gasteiger partial charge in [-0.2, -0.15) is 0 Å². The van der Waals surface area contributed by atoms with Crippen molar-refractivity contribution in [3.8, 4) is 0 Å². The lowest BCUT2D eigenvalue weighted by Gasteiger charge is -2.48. The van der Waals surface area contributed by atoms with Crippen LogP contribution < -0.4 is 0 Å². The van der Waals surface area contributed by atoms with Gasteiger partial charge in [0.2, 0.25) is 0 Å². The van der Waals surface area contributed by atoms with E-state index in [0.29, 0.717) is 16.7 Å². The van der Waals surface area contributed by atoms with Gasteiger partial charge in [-0.05, 0) is 41.9 Å². The predicted molar refractivity (Wildman–Crippen MR) is 66.7 cm³/mol. The van der Waals surface area contributed by atoms with Crippen LogP contribution in [-0.4, -0.2) is 0 Å². The van der Waals surface area contributed by atoms with Crippen LogP contribution in [0.5, 0.6) is 0 Å². The third-order valence-electron chi connectivity index (χ3n) is 5.54. The van der Waals surface area contributed by atoms with E-state index in [2.05, 4.69) is 46.4 Å². The van der Waals surface area contributed by atoms with Gasteiger partial charge in [0, 0.05) is 0 Å². The number of hydrogen-bond acceptors (Lipinski definition) is 0. The molecule has 0 heteroatoms. The van der Waals surface area contributed by atoms with Gasteiger partial charge < -0.3 is 0 Å². The molecule has 0 heterocycles. The Bertz CT molecular complexity index is 312. The predicted octanol–water partition coefficient (Wildman–Crippen LogP) is 4.58. The van der Waals surface area contributed by atoms with E-state index in [4.69, 9.17) is 0 Å². The minimum atomic E-state index is 0.329. The van der Waals surface area contributed by atoms with E-state index in [9.17, 15) is 0 Å². The summed E-state index contributed by atoms with van der Waals surface area (Å²) in [4.78, 5) is 0. The summed E-state index contributed by atoms with van der Waals surface area (Å²) in [5.41, 5.74) is 2.53. The van der Waals surface area contributed by atoms with Crippen molar-refractivity contribution in [1.82, 2.24) is 0 Å². The Morgan fingerprint density at radius 3 is 2.60 bits per heavy atom. The lowest BCUT2D eigenvalue weighted by molar-refractivity contribution is 0.122. The monoisotopic (exact) mass is 204 g/mol. The lowest BCUT2D eigenvalue weighted by atomic mass is 9.56. The smallest absolute Gasteiger partial charge is 0.00845 e. The highest BCUT2D eigenvalue weighted by atomic mass is 14.5. The number of fused-ring (bicyclic) bond motifs is 1. The fraction of sp³-hybridized carbons (Fsp3) is 0.733. The van der Waals surface area contributed by atoms with Crippen LogP contribution in [0.25, 0.3) is 0 Å². The van der Waals surface area contributed by atoms with Gasteiger partial charge in [0.1, 0.15) is 0 Å². The molecule has 0 bridgehead atoms. The SMILES string of the molecule is C=CC1(C)CCC2(C)C(=CCC2C)C1C. The first-order valence-electron chi connectivity index (χ1n) is 6.28. The Labute approximate surface area is 94.5 Å². The summed E-state index contributed by atoms with van der Waals surface area (Å²) in [7, 11) is 0. The Morgan fingerprint density at radius 1 is 1.33 bits per heavy atom. The van der Waals surface area contributed by atoms with Gasteiger partial charge in [-0.1, -0.05) is 45.4 Å². The average molecular weight is 204 g/mol. The molecule has 0 aromatic carbocycles. The van der Waals surface area contributed by atoms with Gasteiger partial charge in [-0.15, -0.1) is 6.58 Å². The van der Waals surface area contributed by atoms with Gasteiger partial charge in [-0.3, -0.25) is 0 Å². The minimum absolute atomic E-state index is 0.329. The summed E-state index contributed by atoms with van der Waals surface area (Å²) in [6.45, 7) is 13.7. The molecule has 0 radical (unpaired) electrons. The zero-order valence-electron chi connectivity index (χ0n) is 10.6. The van der Waals surface area contributed by atoms with Gasteiger partial charge in [0.05, 0.1) is 0 Å². The van der Waals surface area contributed by atoms with Gasteiger partial charge in [0.15, 0.2) is 0 Å². The van der Waals surface area contributed by atoms with Crippen molar-refractivity contribution < 1.29 is 0 Å². The summed E-state index contributed by atoms with van der Waals surface area (Å²) < 4.78 is 0. The Morgan fingerprint density at radius 2 is 2.00 bits per heavy atom. The normalized spacial score (nSPS) is 49.7. The zero-order valence-corrected chi connectivity index (χ0v) is 10.6. The molecular weight excluding hydrogens is 180 g/mol. The topological polar surface area (TPSA) is 0 Å². The molecule has 0 amide bonds. The van der Waals surface area contributed by atoms with E-state index in [-0.39, 0.29) is 0 Å². The lowest BCUT2D eigenvalue weighted by Crippen LogP contribution is -2.39. The number of hydrogen-bond donors (Lipinski definition) is 0. The van der Waals surface area contributed by atoms with Crippen molar-refractivity contribution in [2.75, 3.05) is 0 Å². The highest BCUT2D eigenvalue weighted by Gasteiger charge is 2.49. The van der Waals surface area contributed by atoms with E-state index in [1.807, 2.05) is 0 Å². The molecule has 0 nitrogen and oxygen atoms in total. The third-order valence-corrected chi connectivity index (χ3v) is 5.54. The minimum Gasteiger partial charge on any atom is -0.103 e. The molecule has 0 aromatic rings. The molecule has 0 spiro atoms. The maximum Gasteiger partial charge on any atom is -0.00845 e. The number of allylic oxidation sites excluding steroid dienone is 3. The number of rotatable bonds is 1. The quantitative estimate of drug-likeness (QED) is 0.548. The molecule has 15 heavy (non-hydrogen) atoms. The fourth-order valence-electron chi connectivity index (χ4n) is 3.52. The van der Waals surface area contributed by atoms with Gasteiger partial charge in [0.25, 0.3) is 0 Å². The maximum absolute atomic E-state index is 4.04. The molecule has 2 aliphatic carbocycles. The summed E-state index contributed by atoms with van der Waals surface area (Å²) in [5, 5.41) is 0. The van der Waals surface area contributed by atoms with Crippen LogP contribution in [0.2, 0.25) is 0 Å². The Hall–Kier alpha value is -0.520. The van der Waals surface area contributed by atoms with Crippen LogP contribution in [0.1, 0.15) is 47.0 Å². The summed E-state index contributed by atoms with van der Waals surface area (Å²) in [6.07, 6.45) is 8.61. The standard InChI is InChI=1S/C15H24/c1-6-14(4)9-10-15(5)11(2)7-8-13(15)12(14)3/h6,8,11-12H,1,7,9-10H2,2-5H3. The first-order valence-corrected chi connectivity index (χ1v) is 6.28. The highest BCUT2D eigenvalue weighted by molar-refractivity contribution is 5.29. The molecule has 4 unspecified atom stereocenters. The molecule has 1 fully saturated rings. The van der Waals surface area contributed by atoms with E-state index < -0.39 is 0 Å². The second kappa shape index (κ2) is 3.23. The molecule has 0 aromatic heterocycles. The molecule has 84 valence electrons. The van der Waals surface area contributed by atoms with Crippen molar-refractivity contribution >= 4 is 0 Å². The maximum atomic E-state index is 4.04. The Balaban J connectivity index is 2.36. The van der Waals surface area contributed by atoms with Gasteiger partial charge in [-0.25, -0.2) is 0 Å². The van der Waals surface area contributed by atoms with Gasteiger partial charge >= 0.3 is 0 Å². The van der Waals surface area contributed by atoms with Crippen molar-refractivity contribution in [1.29, 1.82) is 0 Å². The fourth-order valence-corrected chi connectivity index (χ4v) is 3.52. The Kier molecular flexibility index (Phi) is 2.37. The van der Waals surface area contributed by atoms with Crippen LogP contribution in [0.15, 0.2) is 24.3 Å². The van der Waals surface area contributed by atoms with Crippen molar-refractivity contribution in [3.63, 3.8) is 0 Å². The molecule has 0 aliphatic heterocycles.